The van der Waals surface area contributed by atoms with Gasteiger partial charge >= 0.3 is 0 Å². The van der Waals surface area contributed by atoms with Crippen LogP contribution in [0.4, 0.5) is 17.1 Å². The highest BCUT2D eigenvalue weighted by Gasteiger charge is 2.52. The summed E-state index contributed by atoms with van der Waals surface area (Å²) < 4.78 is 15.8. The van der Waals surface area contributed by atoms with Crippen LogP contribution in [0.15, 0.2) is 251 Å². The molecule has 1 spiro atoms. The van der Waals surface area contributed by atoms with Crippen LogP contribution in [0.5, 0.6) is 0 Å². The average molecular weight is 905 g/mol. The summed E-state index contributed by atoms with van der Waals surface area (Å²) in [5, 5.41) is 6.96. The lowest BCUT2D eigenvalue weighted by molar-refractivity contribution is 0.668. The van der Waals surface area contributed by atoms with Gasteiger partial charge in [0.05, 0.1) is 22.1 Å². The molecule has 0 saturated carbocycles. The van der Waals surface area contributed by atoms with Crippen molar-refractivity contribution < 1.29 is 8.83 Å². The second kappa shape index (κ2) is 14.3. The fourth-order valence-corrected chi connectivity index (χ4v) is 12.7. The minimum atomic E-state index is -0.580. The number of aromatic nitrogens is 1. The molecular formula is C67H40N2O2. The van der Waals surface area contributed by atoms with Crippen molar-refractivity contribution in [3.63, 3.8) is 0 Å². The van der Waals surface area contributed by atoms with E-state index in [2.05, 4.69) is 246 Å². The molecule has 0 saturated heterocycles. The molecule has 4 nitrogen and oxygen atoms in total. The maximum absolute atomic E-state index is 6.86. The molecule has 14 aromatic rings. The van der Waals surface area contributed by atoms with E-state index in [0.29, 0.717) is 0 Å². The summed E-state index contributed by atoms with van der Waals surface area (Å²) in [7, 11) is 0. The Kier molecular flexibility index (Phi) is 7.79. The topological polar surface area (TPSA) is 34.5 Å². The lowest BCUT2D eigenvalue weighted by Crippen LogP contribution is -2.26. The molecule has 0 amide bonds. The predicted octanol–water partition coefficient (Wildman–Crippen LogP) is 18.1. The second-order valence-corrected chi connectivity index (χ2v) is 19.1. The normalized spacial score (nSPS) is 14.5. The molecule has 0 radical (unpaired) electrons. The number of nitrogens with zero attached hydrogens (tertiary/aromatic N) is 2. The number of furan rings is 2. The standard InChI is InChI=1S/C67H40N2O2/c1-2-15-43(16-3-1)69-58-25-11-6-18-48(58)53-39-42(31-37-59(53)69)41-29-32-44(33-30-41)68(60-26-14-22-50-49-19-7-12-27-61(49)71-66(50)60)45-34-35-47-46-17-4-9-23-54(46)67(57(47)40-45)55-24-10-5-20-51(55)64-56(67)36-38-63-65(64)52-21-8-13-28-62(52)70-63/h1-40H. The Morgan fingerprint density at radius 1 is 0.352 bits per heavy atom. The van der Waals surface area contributed by atoms with E-state index < -0.39 is 5.41 Å². The number of benzene rings is 11. The molecule has 3 heterocycles. The van der Waals surface area contributed by atoms with E-state index in [9.17, 15) is 0 Å². The number of rotatable bonds is 5. The van der Waals surface area contributed by atoms with Crippen molar-refractivity contribution in [3.05, 3.63) is 265 Å². The number of anilines is 3. The van der Waals surface area contributed by atoms with E-state index in [0.717, 1.165) is 66.8 Å². The van der Waals surface area contributed by atoms with E-state index in [1.54, 1.807) is 0 Å². The van der Waals surface area contributed by atoms with Crippen LogP contribution in [0.3, 0.4) is 0 Å². The number of fused-ring (bicyclic) bond motifs is 20. The third kappa shape index (κ3) is 5.18. The van der Waals surface area contributed by atoms with Crippen molar-refractivity contribution in [3.8, 4) is 39.1 Å². The van der Waals surface area contributed by atoms with E-state index in [-0.39, 0.29) is 0 Å². The van der Waals surface area contributed by atoms with Crippen LogP contribution in [-0.4, -0.2) is 4.57 Å². The Morgan fingerprint density at radius 2 is 0.986 bits per heavy atom. The molecule has 16 rings (SSSR count). The first-order valence-electron chi connectivity index (χ1n) is 24.4. The summed E-state index contributed by atoms with van der Waals surface area (Å²) in [5.74, 6) is 0. The number of hydrogen-bond donors (Lipinski definition) is 0. The summed E-state index contributed by atoms with van der Waals surface area (Å²) in [5.41, 5.74) is 22.0. The maximum Gasteiger partial charge on any atom is 0.159 e. The molecule has 330 valence electrons. The van der Waals surface area contributed by atoms with E-state index in [4.69, 9.17) is 8.83 Å². The summed E-state index contributed by atoms with van der Waals surface area (Å²) in [6, 6.07) is 88.5. The van der Waals surface area contributed by atoms with Crippen molar-refractivity contribution >= 4 is 82.7 Å². The fraction of sp³-hybridized carbons (Fsp3) is 0.0149. The summed E-state index contributed by atoms with van der Waals surface area (Å²) in [6.45, 7) is 0. The van der Waals surface area contributed by atoms with Gasteiger partial charge in [-0.05, 0) is 134 Å². The molecule has 3 aromatic heterocycles. The van der Waals surface area contributed by atoms with Crippen LogP contribution in [0.25, 0.3) is 105 Å². The van der Waals surface area contributed by atoms with Gasteiger partial charge in [-0.15, -0.1) is 0 Å². The molecule has 1 unspecified atom stereocenters. The van der Waals surface area contributed by atoms with Crippen molar-refractivity contribution in [2.24, 2.45) is 0 Å². The molecule has 2 aliphatic rings. The van der Waals surface area contributed by atoms with E-state index in [1.807, 2.05) is 6.07 Å². The monoisotopic (exact) mass is 904 g/mol. The minimum absolute atomic E-state index is 0.580. The van der Waals surface area contributed by atoms with Crippen molar-refractivity contribution in [2.75, 3.05) is 4.90 Å². The zero-order chi connectivity index (χ0) is 46.4. The van der Waals surface area contributed by atoms with Crippen molar-refractivity contribution in [1.29, 1.82) is 0 Å². The van der Waals surface area contributed by atoms with Crippen LogP contribution in [0, 0.1) is 0 Å². The third-order valence-corrected chi connectivity index (χ3v) is 15.6. The molecule has 1 atom stereocenters. The van der Waals surface area contributed by atoms with Crippen molar-refractivity contribution in [1.82, 2.24) is 4.57 Å². The van der Waals surface area contributed by atoms with Gasteiger partial charge in [0, 0.05) is 49.4 Å². The summed E-state index contributed by atoms with van der Waals surface area (Å²) in [4.78, 5) is 2.40. The maximum atomic E-state index is 6.86. The number of para-hydroxylation sites is 5. The zero-order valence-electron chi connectivity index (χ0n) is 38.3. The lowest BCUT2D eigenvalue weighted by Gasteiger charge is -2.32. The molecular weight excluding hydrogens is 865 g/mol. The van der Waals surface area contributed by atoms with E-state index >= 15 is 0 Å². The van der Waals surface area contributed by atoms with Gasteiger partial charge < -0.3 is 18.3 Å². The van der Waals surface area contributed by atoms with Gasteiger partial charge in [-0.1, -0.05) is 164 Å². The van der Waals surface area contributed by atoms with Crippen LogP contribution in [-0.2, 0) is 5.41 Å². The Labute approximate surface area is 408 Å². The fourth-order valence-electron chi connectivity index (χ4n) is 12.7. The molecule has 11 aromatic carbocycles. The average Bonchev–Trinajstić information content (AvgIpc) is 4.24. The minimum Gasteiger partial charge on any atom is -0.456 e. The van der Waals surface area contributed by atoms with Gasteiger partial charge in [-0.2, -0.15) is 0 Å². The van der Waals surface area contributed by atoms with Crippen molar-refractivity contribution in [2.45, 2.75) is 5.41 Å². The number of hydrogen-bond acceptors (Lipinski definition) is 3. The Balaban J connectivity index is 0.912. The quantitative estimate of drug-likeness (QED) is 0.173. The molecule has 0 bridgehead atoms. The first-order valence-corrected chi connectivity index (χ1v) is 24.4. The Morgan fingerprint density at radius 3 is 1.83 bits per heavy atom. The molecule has 0 aliphatic heterocycles. The highest BCUT2D eigenvalue weighted by atomic mass is 16.3. The van der Waals surface area contributed by atoms with Gasteiger partial charge in [0.1, 0.15) is 16.7 Å². The highest BCUT2D eigenvalue weighted by Crippen LogP contribution is 2.65. The SMILES string of the molecule is c1ccc(-n2c3ccccc3c3cc(-c4ccc(N(c5ccc6c(c5)C5(c7ccccc7-6)c6ccccc6-c6c5ccc5oc7ccccc7c65)c5cccc6c5oc5ccccc56)cc4)ccc32)cc1. The second-order valence-electron chi connectivity index (χ2n) is 19.1. The predicted molar refractivity (Wildman–Crippen MR) is 292 cm³/mol. The largest absolute Gasteiger partial charge is 0.456 e. The Bertz CT molecular complexity index is 4530. The summed E-state index contributed by atoms with van der Waals surface area (Å²) >= 11 is 0. The van der Waals surface area contributed by atoms with Crippen LogP contribution in [0.2, 0.25) is 0 Å². The van der Waals surface area contributed by atoms with Gasteiger partial charge in [0.25, 0.3) is 0 Å². The molecule has 0 N–H and O–H groups in total. The first kappa shape index (κ1) is 38.6. The third-order valence-electron chi connectivity index (χ3n) is 15.6. The Hall–Kier alpha value is -9.38. The van der Waals surface area contributed by atoms with Crippen LogP contribution in [0.1, 0.15) is 22.3 Å². The molecule has 4 heteroatoms. The lowest BCUT2D eigenvalue weighted by atomic mass is 9.70. The zero-order valence-corrected chi connectivity index (χ0v) is 38.3. The van der Waals surface area contributed by atoms with E-state index in [1.165, 1.54) is 77.3 Å². The molecule has 0 fully saturated rings. The first-order chi connectivity index (χ1) is 35.2. The van der Waals surface area contributed by atoms with Crippen LogP contribution < -0.4 is 4.90 Å². The van der Waals surface area contributed by atoms with Gasteiger partial charge in [0.2, 0.25) is 0 Å². The molecule has 2 aliphatic carbocycles. The van der Waals surface area contributed by atoms with Crippen LogP contribution >= 0.6 is 0 Å². The highest BCUT2D eigenvalue weighted by molar-refractivity contribution is 6.17. The molecule has 71 heavy (non-hydrogen) atoms. The summed E-state index contributed by atoms with van der Waals surface area (Å²) in [6.07, 6.45) is 0. The van der Waals surface area contributed by atoms with Gasteiger partial charge in [0.15, 0.2) is 5.58 Å². The van der Waals surface area contributed by atoms with Gasteiger partial charge in [-0.25, -0.2) is 0 Å². The smallest absolute Gasteiger partial charge is 0.159 e. The van der Waals surface area contributed by atoms with Gasteiger partial charge in [-0.3, -0.25) is 0 Å².